The fraction of sp³-hybridized carbons (Fsp3) is 0.294. The van der Waals surface area contributed by atoms with E-state index in [2.05, 4.69) is 4.98 Å². The molecule has 1 heterocycles. The highest BCUT2D eigenvalue weighted by atomic mass is 35.5. The van der Waals surface area contributed by atoms with E-state index >= 15 is 0 Å². The fourth-order valence-corrected chi connectivity index (χ4v) is 4.44. The Morgan fingerprint density at radius 2 is 1.76 bits per heavy atom. The van der Waals surface area contributed by atoms with Crippen molar-refractivity contribution in [3.05, 3.63) is 53.2 Å². The predicted octanol–water partition coefficient (Wildman–Crippen LogP) is 3.74. The normalized spacial score (nSPS) is 11.7. The van der Waals surface area contributed by atoms with Crippen LogP contribution in [0.5, 0.6) is 0 Å². The monoisotopic (exact) mass is 398 g/mol. The molecule has 2 rings (SSSR count). The summed E-state index contributed by atoms with van der Waals surface area (Å²) in [6, 6.07) is 9.85. The number of benzene rings is 1. The van der Waals surface area contributed by atoms with Crippen LogP contribution in [0.15, 0.2) is 52.5 Å². The number of ketones is 1. The van der Waals surface area contributed by atoms with Crippen molar-refractivity contribution in [3.63, 3.8) is 0 Å². The summed E-state index contributed by atoms with van der Waals surface area (Å²) in [5, 5.41) is 1.18. The van der Waals surface area contributed by atoms with Crippen molar-refractivity contribution < 1.29 is 13.2 Å². The fourth-order valence-electron chi connectivity index (χ4n) is 2.18. The van der Waals surface area contributed by atoms with E-state index in [1.54, 1.807) is 44.2 Å². The van der Waals surface area contributed by atoms with Gasteiger partial charge in [0.25, 0.3) is 0 Å². The number of rotatable bonds is 8. The van der Waals surface area contributed by atoms with E-state index in [9.17, 15) is 13.2 Å². The first-order valence-electron chi connectivity index (χ1n) is 7.76. The summed E-state index contributed by atoms with van der Waals surface area (Å²) < 4.78 is 26.2. The van der Waals surface area contributed by atoms with Gasteiger partial charge in [0, 0.05) is 29.9 Å². The topological polar surface area (TPSA) is 67.3 Å². The van der Waals surface area contributed by atoms with Crippen molar-refractivity contribution in [2.45, 2.75) is 23.8 Å². The van der Waals surface area contributed by atoms with Crippen molar-refractivity contribution >= 4 is 39.2 Å². The molecule has 0 unspecified atom stereocenters. The third-order valence-electron chi connectivity index (χ3n) is 3.57. The number of halogens is 1. The summed E-state index contributed by atoms with van der Waals surface area (Å²) in [4.78, 5) is 16.4. The molecule has 0 N–H and O–H groups in total. The van der Waals surface area contributed by atoms with Crippen molar-refractivity contribution in [3.8, 4) is 0 Å². The third kappa shape index (κ3) is 5.04. The van der Waals surface area contributed by atoms with Crippen LogP contribution >= 0.6 is 23.4 Å². The maximum atomic E-state index is 12.4. The Bertz CT molecular complexity index is 818. The second-order valence-electron chi connectivity index (χ2n) is 5.14. The van der Waals surface area contributed by atoms with Crippen LogP contribution in [0.1, 0.15) is 24.2 Å². The molecule has 0 fully saturated rings. The molecule has 2 aromatic rings. The van der Waals surface area contributed by atoms with Crippen molar-refractivity contribution in [2.75, 3.05) is 18.8 Å². The number of nitrogens with zero attached hydrogens (tertiary/aromatic N) is 2. The van der Waals surface area contributed by atoms with Gasteiger partial charge in [-0.05, 0) is 36.4 Å². The van der Waals surface area contributed by atoms with E-state index in [0.717, 1.165) is 0 Å². The Hall–Kier alpha value is -1.41. The first-order valence-corrected chi connectivity index (χ1v) is 10.6. The van der Waals surface area contributed by atoms with Crippen LogP contribution in [0, 0.1) is 0 Å². The first kappa shape index (κ1) is 19.9. The number of aromatic nitrogens is 1. The van der Waals surface area contributed by atoms with Crippen LogP contribution in [0.3, 0.4) is 0 Å². The summed E-state index contributed by atoms with van der Waals surface area (Å²) in [6.45, 7) is 4.40. The number of carbonyl (C=O) groups is 1. The van der Waals surface area contributed by atoms with Gasteiger partial charge in [-0.1, -0.05) is 37.2 Å². The third-order valence-corrected chi connectivity index (χ3v) is 6.80. The van der Waals surface area contributed by atoms with E-state index < -0.39 is 10.0 Å². The summed E-state index contributed by atoms with van der Waals surface area (Å²) in [7, 11) is -3.51. The highest BCUT2D eigenvalue weighted by Crippen LogP contribution is 2.21. The standard InChI is InChI=1S/C17H19ClN2O3S2/c1-3-20(4-2)25(22,23)15-9-10-17(19-11-15)24-12-16(21)13-5-7-14(18)8-6-13/h5-11H,3-4,12H2,1-2H3. The van der Waals surface area contributed by atoms with Gasteiger partial charge in [0.15, 0.2) is 5.78 Å². The second kappa shape index (κ2) is 8.80. The molecule has 8 heteroatoms. The smallest absolute Gasteiger partial charge is 0.244 e. The number of hydrogen-bond donors (Lipinski definition) is 0. The molecule has 0 aliphatic rings. The van der Waals surface area contributed by atoms with Gasteiger partial charge in [-0.15, -0.1) is 0 Å². The number of Topliss-reactive ketones (excluding diaryl/α,β-unsaturated/α-hetero) is 1. The van der Waals surface area contributed by atoms with E-state index in [1.807, 2.05) is 0 Å². The van der Waals surface area contributed by atoms with Crippen LogP contribution in [0.25, 0.3) is 0 Å². The van der Waals surface area contributed by atoms with Crippen LogP contribution in [0.2, 0.25) is 5.02 Å². The van der Waals surface area contributed by atoms with Gasteiger partial charge in [-0.2, -0.15) is 4.31 Å². The number of hydrogen-bond acceptors (Lipinski definition) is 5. The Balaban J connectivity index is 2.03. The van der Waals surface area contributed by atoms with E-state index in [-0.39, 0.29) is 16.4 Å². The molecule has 0 saturated heterocycles. The molecule has 0 radical (unpaired) electrons. The predicted molar refractivity (Wildman–Crippen MR) is 101 cm³/mol. The molecule has 1 aromatic carbocycles. The lowest BCUT2D eigenvalue weighted by atomic mass is 10.1. The molecule has 0 spiro atoms. The van der Waals surface area contributed by atoms with Crippen molar-refractivity contribution in [1.29, 1.82) is 0 Å². The molecule has 0 aliphatic heterocycles. The van der Waals surface area contributed by atoms with Crippen LogP contribution in [0.4, 0.5) is 0 Å². The van der Waals surface area contributed by atoms with E-state index in [0.29, 0.717) is 28.7 Å². The molecule has 5 nitrogen and oxygen atoms in total. The van der Waals surface area contributed by atoms with Crippen molar-refractivity contribution in [1.82, 2.24) is 9.29 Å². The zero-order valence-corrected chi connectivity index (χ0v) is 16.4. The van der Waals surface area contributed by atoms with E-state index in [4.69, 9.17) is 11.6 Å². The Morgan fingerprint density at radius 3 is 2.28 bits per heavy atom. The Labute approximate surface area is 157 Å². The highest BCUT2D eigenvalue weighted by molar-refractivity contribution is 7.99. The quantitative estimate of drug-likeness (QED) is 0.500. The summed E-state index contributed by atoms with van der Waals surface area (Å²) >= 11 is 7.07. The van der Waals surface area contributed by atoms with Gasteiger partial charge < -0.3 is 0 Å². The lowest BCUT2D eigenvalue weighted by Crippen LogP contribution is -2.30. The lowest BCUT2D eigenvalue weighted by molar-refractivity contribution is 0.102. The largest absolute Gasteiger partial charge is 0.293 e. The SMILES string of the molecule is CCN(CC)S(=O)(=O)c1ccc(SCC(=O)c2ccc(Cl)cc2)nc1. The maximum absolute atomic E-state index is 12.4. The zero-order chi connectivity index (χ0) is 18.4. The molecule has 0 bridgehead atoms. The lowest BCUT2D eigenvalue weighted by Gasteiger charge is -2.18. The second-order valence-corrected chi connectivity index (χ2v) is 8.51. The van der Waals surface area contributed by atoms with Gasteiger partial charge in [0.1, 0.15) is 4.90 Å². The molecular formula is C17H19ClN2O3S2. The molecule has 1 aromatic heterocycles. The van der Waals surface area contributed by atoms with Gasteiger partial charge in [0.2, 0.25) is 10.0 Å². The number of carbonyl (C=O) groups excluding carboxylic acids is 1. The number of pyridine rings is 1. The van der Waals surface area contributed by atoms with Gasteiger partial charge in [0.05, 0.1) is 10.8 Å². The molecule has 0 saturated carbocycles. The summed E-state index contributed by atoms with van der Waals surface area (Å²) in [6.07, 6.45) is 1.34. The molecule has 134 valence electrons. The van der Waals surface area contributed by atoms with Gasteiger partial charge in [-0.25, -0.2) is 13.4 Å². The minimum absolute atomic E-state index is 0.0386. The minimum Gasteiger partial charge on any atom is -0.293 e. The van der Waals surface area contributed by atoms with Gasteiger partial charge in [-0.3, -0.25) is 4.79 Å². The molecule has 0 aliphatic carbocycles. The number of thioether (sulfide) groups is 1. The summed E-state index contributed by atoms with van der Waals surface area (Å²) in [5.74, 6) is 0.180. The molecule has 0 atom stereocenters. The first-order chi connectivity index (χ1) is 11.9. The maximum Gasteiger partial charge on any atom is 0.244 e. The highest BCUT2D eigenvalue weighted by Gasteiger charge is 2.21. The minimum atomic E-state index is -3.51. The van der Waals surface area contributed by atoms with Gasteiger partial charge >= 0.3 is 0 Å². The molecular weight excluding hydrogens is 380 g/mol. The van der Waals surface area contributed by atoms with E-state index in [1.165, 1.54) is 28.3 Å². The Morgan fingerprint density at radius 1 is 1.12 bits per heavy atom. The molecule has 0 amide bonds. The van der Waals surface area contributed by atoms with Crippen LogP contribution in [-0.4, -0.2) is 42.3 Å². The average molecular weight is 399 g/mol. The van der Waals surface area contributed by atoms with Crippen molar-refractivity contribution in [2.24, 2.45) is 0 Å². The zero-order valence-electron chi connectivity index (χ0n) is 14.0. The number of sulfonamides is 1. The summed E-state index contributed by atoms with van der Waals surface area (Å²) in [5.41, 5.74) is 0.581. The van der Waals surface area contributed by atoms with Crippen LogP contribution in [-0.2, 0) is 10.0 Å². The average Bonchev–Trinajstić information content (AvgIpc) is 2.61. The molecule has 25 heavy (non-hydrogen) atoms. The Kier molecular flexibility index (Phi) is 7.01. The van der Waals surface area contributed by atoms with Crippen LogP contribution < -0.4 is 0 Å².